The monoisotopic (exact) mass is 358 g/mol. The summed E-state index contributed by atoms with van der Waals surface area (Å²) in [6.07, 6.45) is 0.573. The molecule has 0 saturated carbocycles. The van der Waals surface area contributed by atoms with Gasteiger partial charge in [0.25, 0.3) is 0 Å². The summed E-state index contributed by atoms with van der Waals surface area (Å²) in [5, 5.41) is 29.5. The Labute approximate surface area is 153 Å². The maximum Gasteiger partial charge on any atom is 0.335 e. The lowest BCUT2D eigenvalue weighted by Crippen LogP contribution is -2.26. The fraction of sp³-hybridized carbons (Fsp3) is 0.381. The van der Waals surface area contributed by atoms with E-state index < -0.39 is 11.8 Å². The zero-order valence-electron chi connectivity index (χ0n) is 15.4. The van der Waals surface area contributed by atoms with Gasteiger partial charge >= 0.3 is 5.97 Å². The molecule has 3 N–H and O–H groups in total. The molecule has 0 bridgehead atoms. The Balaban J connectivity index is 1.86. The second-order valence-electron chi connectivity index (χ2n) is 7.43. The molecule has 26 heavy (non-hydrogen) atoms. The summed E-state index contributed by atoms with van der Waals surface area (Å²) in [6.45, 7) is 6.61. The lowest BCUT2D eigenvalue weighted by Gasteiger charge is -2.24. The molecule has 0 aliphatic heterocycles. The first-order valence-corrected chi connectivity index (χ1v) is 8.61. The third kappa shape index (κ3) is 5.31. The van der Waals surface area contributed by atoms with E-state index in [0.717, 1.165) is 5.56 Å². The van der Waals surface area contributed by atoms with Gasteiger partial charge in [-0.25, -0.2) is 4.79 Å². The Morgan fingerprint density at radius 3 is 1.96 bits per heavy atom. The van der Waals surface area contributed by atoms with Crippen LogP contribution in [0.4, 0.5) is 0 Å². The standard InChI is InChI=1S/C21H26O5/c1-20(2,3)16-7-9-17(10-8-16)21(24,25)13-4-14-26-18-11-5-15(6-12-18)19(22)23/h5-12,24-25H,4,13-14H2,1-3H3,(H,22,23). The highest BCUT2D eigenvalue weighted by Gasteiger charge is 2.26. The summed E-state index contributed by atoms with van der Waals surface area (Å²) in [6, 6.07) is 13.4. The van der Waals surface area contributed by atoms with E-state index in [1.165, 1.54) is 12.1 Å². The predicted molar refractivity (Wildman–Crippen MR) is 99.4 cm³/mol. The minimum atomic E-state index is -1.91. The van der Waals surface area contributed by atoms with Crippen LogP contribution >= 0.6 is 0 Å². The van der Waals surface area contributed by atoms with Gasteiger partial charge in [-0.15, -0.1) is 0 Å². The van der Waals surface area contributed by atoms with Crippen molar-refractivity contribution < 1.29 is 24.9 Å². The summed E-state index contributed by atoms with van der Waals surface area (Å²) in [5.74, 6) is -2.35. The van der Waals surface area contributed by atoms with Crippen LogP contribution in [-0.4, -0.2) is 27.9 Å². The van der Waals surface area contributed by atoms with Gasteiger partial charge in [0.2, 0.25) is 0 Å². The average Bonchev–Trinajstić information content (AvgIpc) is 2.58. The van der Waals surface area contributed by atoms with Crippen molar-refractivity contribution in [3.63, 3.8) is 0 Å². The van der Waals surface area contributed by atoms with Crippen LogP contribution in [0.15, 0.2) is 48.5 Å². The third-order valence-corrected chi connectivity index (χ3v) is 4.25. The van der Waals surface area contributed by atoms with E-state index in [1.807, 2.05) is 12.1 Å². The molecular formula is C21H26O5. The van der Waals surface area contributed by atoms with Crippen LogP contribution in [0.2, 0.25) is 0 Å². The first-order chi connectivity index (χ1) is 12.1. The number of carboxylic acids is 1. The molecule has 0 heterocycles. The highest BCUT2D eigenvalue weighted by atomic mass is 16.5. The lowest BCUT2D eigenvalue weighted by molar-refractivity contribution is -0.176. The molecule has 0 unspecified atom stereocenters. The Kier molecular flexibility index (Phi) is 6.05. The minimum Gasteiger partial charge on any atom is -0.494 e. The molecule has 0 atom stereocenters. The highest BCUT2D eigenvalue weighted by molar-refractivity contribution is 5.87. The zero-order valence-corrected chi connectivity index (χ0v) is 15.4. The number of ether oxygens (including phenoxy) is 1. The van der Waals surface area contributed by atoms with Crippen molar-refractivity contribution in [3.05, 3.63) is 65.2 Å². The Hall–Kier alpha value is -2.37. The van der Waals surface area contributed by atoms with Gasteiger partial charge in [-0.1, -0.05) is 45.0 Å². The van der Waals surface area contributed by atoms with Gasteiger partial charge in [0.1, 0.15) is 5.75 Å². The molecular weight excluding hydrogens is 332 g/mol. The number of benzene rings is 2. The van der Waals surface area contributed by atoms with Crippen LogP contribution < -0.4 is 4.74 Å². The van der Waals surface area contributed by atoms with Crippen LogP contribution in [0.3, 0.4) is 0 Å². The zero-order chi connectivity index (χ0) is 19.4. The van der Waals surface area contributed by atoms with Crippen molar-refractivity contribution in [1.29, 1.82) is 0 Å². The minimum absolute atomic E-state index is 0.0100. The average molecular weight is 358 g/mol. The molecule has 2 aromatic carbocycles. The summed E-state index contributed by atoms with van der Waals surface area (Å²) in [4.78, 5) is 10.8. The molecule has 0 aromatic heterocycles. The van der Waals surface area contributed by atoms with Crippen LogP contribution in [0.25, 0.3) is 0 Å². The Morgan fingerprint density at radius 1 is 0.923 bits per heavy atom. The smallest absolute Gasteiger partial charge is 0.335 e. The van der Waals surface area contributed by atoms with E-state index in [1.54, 1.807) is 24.3 Å². The molecule has 0 amide bonds. The highest BCUT2D eigenvalue weighted by Crippen LogP contribution is 2.27. The summed E-state index contributed by atoms with van der Waals surface area (Å²) >= 11 is 0. The number of carbonyl (C=O) groups is 1. The summed E-state index contributed by atoms with van der Waals surface area (Å²) < 4.78 is 5.52. The van der Waals surface area contributed by atoms with Crippen LogP contribution in [0, 0.1) is 0 Å². The van der Waals surface area contributed by atoms with Crippen molar-refractivity contribution in [2.75, 3.05) is 6.61 Å². The van der Waals surface area contributed by atoms with E-state index in [9.17, 15) is 15.0 Å². The number of rotatable bonds is 7. The van der Waals surface area contributed by atoms with E-state index in [-0.39, 0.29) is 17.4 Å². The van der Waals surface area contributed by atoms with Gasteiger partial charge in [-0.2, -0.15) is 0 Å². The summed E-state index contributed by atoms with van der Waals surface area (Å²) in [5.41, 5.74) is 1.79. The van der Waals surface area contributed by atoms with Crippen molar-refractivity contribution in [2.24, 2.45) is 0 Å². The quantitative estimate of drug-likeness (QED) is 0.519. The van der Waals surface area contributed by atoms with Crippen LogP contribution in [0.5, 0.6) is 5.75 Å². The molecule has 5 nitrogen and oxygen atoms in total. The predicted octanol–water partition coefficient (Wildman–Crippen LogP) is 3.68. The number of aromatic carboxylic acids is 1. The largest absolute Gasteiger partial charge is 0.494 e. The van der Waals surface area contributed by atoms with Crippen LogP contribution in [-0.2, 0) is 11.2 Å². The van der Waals surface area contributed by atoms with E-state index in [2.05, 4.69) is 20.8 Å². The van der Waals surface area contributed by atoms with Crippen molar-refractivity contribution >= 4 is 5.97 Å². The topological polar surface area (TPSA) is 87.0 Å². The second kappa shape index (κ2) is 7.89. The first kappa shape index (κ1) is 19.9. The van der Waals surface area contributed by atoms with Crippen molar-refractivity contribution in [2.45, 2.75) is 44.8 Å². The maximum atomic E-state index is 10.8. The number of hydrogen-bond donors (Lipinski definition) is 3. The van der Waals surface area contributed by atoms with Crippen molar-refractivity contribution in [3.8, 4) is 5.75 Å². The fourth-order valence-corrected chi connectivity index (χ4v) is 2.58. The van der Waals surface area contributed by atoms with Crippen molar-refractivity contribution in [1.82, 2.24) is 0 Å². The van der Waals surface area contributed by atoms with E-state index in [0.29, 0.717) is 24.3 Å². The molecule has 0 saturated heterocycles. The number of carboxylic acid groups (broad SMARTS) is 1. The maximum absolute atomic E-state index is 10.8. The molecule has 2 aromatic rings. The fourth-order valence-electron chi connectivity index (χ4n) is 2.58. The van der Waals surface area contributed by atoms with E-state index in [4.69, 9.17) is 9.84 Å². The van der Waals surface area contributed by atoms with E-state index >= 15 is 0 Å². The number of hydrogen-bond acceptors (Lipinski definition) is 4. The first-order valence-electron chi connectivity index (χ1n) is 8.61. The normalized spacial score (nSPS) is 12.0. The Morgan fingerprint density at radius 2 is 1.46 bits per heavy atom. The molecule has 0 aliphatic rings. The van der Waals surface area contributed by atoms with Gasteiger partial charge in [-0.3, -0.25) is 0 Å². The SMILES string of the molecule is CC(C)(C)c1ccc(C(O)(O)CCCOc2ccc(C(=O)O)cc2)cc1. The molecule has 0 fully saturated rings. The molecule has 0 aliphatic carbocycles. The van der Waals surface area contributed by atoms with Gasteiger partial charge in [0.15, 0.2) is 5.79 Å². The molecule has 5 heteroatoms. The third-order valence-electron chi connectivity index (χ3n) is 4.25. The molecule has 2 rings (SSSR count). The molecule has 0 radical (unpaired) electrons. The second-order valence-corrected chi connectivity index (χ2v) is 7.43. The number of aliphatic hydroxyl groups is 2. The Bertz CT molecular complexity index is 724. The van der Waals surface area contributed by atoms with Gasteiger partial charge in [-0.05, 0) is 41.7 Å². The van der Waals surface area contributed by atoms with Crippen LogP contribution in [0.1, 0.15) is 55.1 Å². The lowest BCUT2D eigenvalue weighted by atomic mass is 9.86. The van der Waals surface area contributed by atoms with Gasteiger partial charge < -0.3 is 20.1 Å². The van der Waals surface area contributed by atoms with Gasteiger partial charge in [0.05, 0.1) is 12.2 Å². The molecule has 0 spiro atoms. The van der Waals surface area contributed by atoms with Gasteiger partial charge in [0, 0.05) is 12.0 Å². The molecule has 140 valence electrons. The summed E-state index contributed by atoms with van der Waals surface area (Å²) in [7, 11) is 0.